The van der Waals surface area contributed by atoms with Crippen molar-refractivity contribution in [3.63, 3.8) is 0 Å². The predicted octanol–water partition coefficient (Wildman–Crippen LogP) is 2.56. The van der Waals surface area contributed by atoms with Crippen molar-refractivity contribution in [2.24, 2.45) is 11.1 Å². The highest BCUT2D eigenvalue weighted by molar-refractivity contribution is 7.89. The minimum Gasteiger partial charge on any atom is -0.352 e. The van der Waals surface area contributed by atoms with E-state index in [1.807, 2.05) is 0 Å². The largest absolute Gasteiger partial charge is 0.352 e. The maximum atomic E-state index is 12.2. The molecule has 0 unspecified atom stereocenters. The van der Waals surface area contributed by atoms with Crippen molar-refractivity contribution in [3.8, 4) is 0 Å². The SMILES string of the molecule is NS(=O)(=O)c1cc(Cl)c(Cl)c(C(=O)NCC2CCCC2)c1. The number of carbonyl (C=O) groups excluding carboxylic acids is 1. The third-order valence-corrected chi connectivity index (χ3v) is 5.30. The molecule has 0 radical (unpaired) electrons. The molecule has 21 heavy (non-hydrogen) atoms. The fourth-order valence-corrected chi connectivity index (χ4v) is 3.48. The monoisotopic (exact) mass is 350 g/mol. The van der Waals surface area contributed by atoms with E-state index < -0.39 is 15.9 Å². The molecular formula is C13H16Cl2N2O3S. The lowest BCUT2D eigenvalue weighted by molar-refractivity contribution is 0.0947. The zero-order chi connectivity index (χ0) is 15.6. The number of sulfonamides is 1. The molecule has 1 aliphatic rings. The van der Waals surface area contributed by atoms with E-state index in [9.17, 15) is 13.2 Å². The molecule has 116 valence electrons. The summed E-state index contributed by atoms with van der Waals surface area (Å²) >= 11 is 11.8. The Kier molecular flexibility index (Phi) is 5.14. The van der Waals surface area contributed by atoms with Crippen LogP contribution in [0.15, 0.2) is 17.0 Å². The lowest BCUT2D eigenvalue weighted by atomic mass is 10.1. The second-order valence-electron chi connectivity index (χ2n) is 5.17. The summed E-state index contributed by atoms with van der Waals surface area (Å²) in [5.74, 6) is 0.0175. The van der Waals surface area contributed by atoms with Gasteiger partial charge in [-0.3, -0.25) is 4.79 Å². The van der Waals surface area contributed by atoms with Gasteiger partial charge in [-0.2, -0.15) is 0 Å². The van der Waals surface area contributed by atoms with E-state index in [-0.39, 0.29) is 20.5 Å². The highest BCUT2D eigenvalue weighted by Gasteiger charge is 2.21. The predicted molar refractivity (Wildman–Crippen MR) is 82.1 cm³/mol. The molecule has 0 heterocycles. The molecule has 0 spiro atoms. The summed E-state index contributed by atoms with van der Waals surface area (Å²) < 4.78 is 22.8. The third kappa shape index (κ3) is 4.10. The minimum absolute atomic E-state index is 0.0193. The highest BCUT2D eigenvalue weighted by atomic mass is 35.5. The van der Waals surface area contributed by atoms with Crippen LogP contribution >= 0.6 is 23.2 Å². The summed E-state index contributed by atoms with van der Waals surface area (Å²) in [7, 11) is -3.95. The smallest absolute Gasteiger partial charge is 0.252 e. The molecule has 0 atom stereocenters. The van der Waals surface area contributed by atoms with E-state index in [0.29, 0.717) is 12.5 Å². The summed E-state index contributed by atoms with van der Waals surface area (Å²) in [6.07, 6.45) is 4.53. The lowest BCUT2D eigenvalue weighted by Gasteiger charge is -2.12. The van der Waals surface area contributed by atoms with Gasteiger partial charge in [-0.25, -0.2) is 13.6 Å². The average molecular weight is 351 g/mol. The number of hydrogen-bond acceptors (Lipinski definition) is 3. The molecular weight excluding hydrogens is 335 g/mol. The summed E-state index contributed by atoms with van der Waals surface area (Å²) in [5, 5.41) is 7.83. The fourth-order valence-electron chi connectivity index (χ4n) is 2.44. The number of halogens is 2. The Labute approximate surface area is 133 Å². The Morgan fingerprint density at radius 2 is 1.90 bits per heavy atom. The van der Waals surface area contributed by atoms with Crippen molar-refractivity contribution >= 4 is 39.1 Å². The first-order chi connectivity index (χ1) is 9.79. The third-order valence-electron chi connectivity index (χ3n) is 3.60. The molecule has 1 amide bonds. The molecule has 1 aliphatic carbocycles. The first-order valence-corrected chi connectivity index (χ1v) is 8.89. The van der Waals surface area contributed by atoms with E-state index in [4.69, 9.17) is 28.3 Å². The van der Waals surface area contributed by atoms with Gasteiger partial charge in [0, 0.05) is 6.54 Å². The van der Waals surface area contributed by atoms with Crippen LogP contribution in [-0.4, -0.2) is 20.9 Å². The van der Waals surface area contributed by atoms with Gasteiger partial charge < -0.3 is 5.32 Å². The number of rotatable bonds is 4. The number of nitrogens with one attached hydrogen (secondary N) is 1. The van der Waals surface area contributed by atoms with Gasteiger partial charge in [-0.1, -0.05) is 36.0 Å². The van der Waals surface area contributed by atoms with Crippen molar-refractivity contribution in [3.05, 3.63) is 27.7 Å². The van der Waals surface area contributed by atoms with E-state index in [1.54, 1.807) is 0 Å². The van der Waals surface area contributed by atoms with Gasteiger partial charge in [0.1, 0.15) is 0 Å². The van der Waals surface area contributed by atoms with Crippen LogP contribution in [0.4, 0.5) is 0 Å². The number of primary sulfonamides is 1. The molecule has 0 aromatic heterocycles. The first kappa shape index (κ1) is 16.5. The molecule has 1 aromatic carbocycles. The standard InChI is InChI=1S/C13H16Cl2N2O3S/c14-11-6-9(21(16,19)20)5-10(12(11)15)13(18)17-7-8-3-1-2-4-8/h5-6,8H,1-4,7H2,(H,17,18)(H2,16,19,20). The topological polar surface area (TPSA) is 89.3 Å². The van der Waals surface area contributed by atoms with Gasteiger partial charge >= 0.3 is 0 Å². The first-order valence-electron chi connectivity index (χ1n) is 6.59. The van der Waals surface area contributed by atoms with Crippen LogP contribution < -0.4 is 10.5 Å². The van der Waals surface area contributed by atoms with Gasteiger partial charge in [0.05, 0.1) is 20.5 Å². The number of amides is 1. The van der Waals surface area contributed by atoms with Crippen LogP contribution in [0.1, 0.15) is 36.0 Å². The van der Waals surface area contributed by atoms with Crippen LogP contribution in [-0.2, 0) is 10.0 Å². The Bertz CT molecular complexity index is 656. The van der Waals surface area contributed by atoms with E-state index >= 15 is 0 Å². The Morgan fingerprint density at radius 3 is 2.48 bits per heavy atom. The normalized spacial score (nSPS) is 16.1. The molecule has 0 bridgehead atoms. The summed E-state index contributed by atoms with van der Waals surface area (Å²) in [6, 6.07) is 2.28. The Balaban J connectivity index is 2.21. The van der Waals surface area contributed by atoms with Gasteiger partial charge in [-0.05, 0) is 30.9 Å². The van der Waals surface area contributed by atoms with Crippen LogP contribution in [0.25, 0.3) is 0 Å². The van der Waals surface area contributed by atoms with Gasteiger partial charge in [-0.15, -0.1) is 0 Å². The summed E-state index contributed by atoms with van der Waals surface area (Å²) in [6.45, 7) is 0.548. The van der Waals surface area contributed by atoms with Crippen LogP contribution in [0, 0.1) is 5.92 Å². The zero-order valence-electron chi connectivity index (χ0n) is 11.2. The number of hydrogen-bond donors (Lipinski definition) is 2. The van der Waals surface area contributed by atoms with Crippen LogP contribution in [0.5, 0.6) is 0 Å². The molecule has 2 rings (SSSR count). The molecule has 0 aliphatic heterocycles. The van der Waals surface area contributed by atoms with Crippen molar-refractivity contribution in [1.82, 2.24) is 5.32 Å². The van der Waals surface area contributed by atoms with Crippen molar-refractivity contribution in [2.75, 3.05) is 6.54 Å². The fraction of sp³-hybridized carbons (Fsp3) is 0.462. The quantitative estimate of drug-likeness (QED) is 0.874. The Hall–Kier alpha value is -0.820. The number of nitrogens with two attached hydrogens (primary N) is 1. The van der Waals surface area contributed by atoms with Gasteiger partial charge in [0.25, 0.3) is 5.91 Å². The Morgan fingerprint density at radius 1 is 1.29 bits per heavy atom. The van der Waals surface area contributed by atoms with Crippen LogP contribution in [0.3, 0.4) is 0 Å². The maximum absolute atomic E-state index is 12.2. The van der Waals surface area contributed by atoms with Crippen LogP contribution in [0.2, 0.25) is 10.0 Å². The van der Waals surface area contributed by atoms with Crippen molar-refractivity contribution < 1.29 is 13.2 Å². The second-order valence-corrected chi connectivity index (χ2v) is 7.52. The molecule has 1 aromatic rings. The minimum atomic E-state index is -3.95. The molecule has 3 N–H and O–H groups in total. The molecule has 1 saturated carbocycles. The van der Waals surface area contributed by atoms with Gasteiger partial charge in [0.15, 0.2) is 0 Å². The van der Waals surface area contributed by atoms with Crippen molar-refractivity contribution in [1.29, 1.82) is 0 Å². The maximum Gasteiger partial charge on any atom is 0.252 e. The number of carbonyl (C=O) groups is 1. The summed E-state index contributed by atoms with van der Waals surface area (Å²) in [5.41, 5.74) is 0.0196. The molecule has 8 heteroatoms. The van der Waals surface area contributed by atoms with E-state index in [1.165, 1.54) is 12.8 Å². The second kappa shape index (κ2) is 6.52. The van der Waals surface area contributed by atoms with Gasteiger partial charge in [0.2, 0.25) is 10.0 Å². The number of benzene rings is 1. The molecule has 0 saturated heterocycles. The van der Waals surface area contributed by atoms with E-state index in [2.05, 4.69) is 5.32 Å². The summed E-state index contributed by atoms with van der Waals surface area (Å²) in [4.78, 5) is 11.9. The van der Waals surface area contributed by atoms with Crippen molar-refractivity contribution in [2.45, 2.75) is 30.6 Å². The molecule has 5 nitrogen and oxygen atoms in total. The zero-order valence-corrected chi connectivity index (χ0v) is 13.6. The highest BCUT2D eigenvalue weighted by Crippen LogP contribution is 2.29. The molecule has 1 fully saturated rings. The average Bonchev–Trinajstić information content (AvgIpc) is 2.91. The van der Waals surface area contributed by atoms with E-state index in [0.717, 1.165) is 25.0 Å². The lowest BCUT2D eigenvalue weighted by Crippen LogP contribution is -2.29.